The smallest absolute Gasteiger partial charge is 0.407 e. The SMILES string of the molecule is CCCCCCCCCCCCCCCCCCNC(=O)OCCN1CCOCC1. The molecule has 0 unspecified atom stereocenters. The number of ether oxygens (including phenoxy) is 2. The molecular weight excluding hydrogens is 376 g/mol. The van der Waals surface area contributed by atoms with E-state index in [9.17, 15) is 4.79 Å². The Morgan fingerprint density at radius 2 is 1.23 bits per heavy atom. The highest BCUT2D eigenvalue weighted by Gasteiger charge is 2.10. The number of rotatable bonds is 20. The first-order chi connectivity index (χ1) is 14.8. The lowest BCUT2D eigenvalue weighted by Gasteiger charge is -2.26. The summed E-state index contributed by atoms with van der Waals surface area (Å²) in [6.45, 7) is 7.71. The van der Waals surface area contributed by atoms with Gasteiger partial charge in [-0.05, 0) is 6.42 Å². The Labute approximate surface area is 186 Å². The Hall–Kier alpha value is -0.810. The average molecular weight is 427 g/mol. The predicted octanol–water partition coefficient (Wildman–Crippen LogP) is 6.31. The molecule has 30 heavy (non-hydrogen) atoms. The normalized spacial score (nSPS) is 14.7. The maximum Gasteiger partial charge on any atom is 0.407 e. The average Bonchev–Trinajstić information content (AvgIpc) is 2.76. The highest BCUT2D eigenvalue weighted by atomic mass is 16.5. The minimum atomic E-state index is -0.274. The number of carbonyl (C=O) groups is 1. The Morgan fingerprint density at radius 1 is 0.767 bits per heavy atom. The number of carbonyl (C=O) groups excluding carboxylic acids is 1. The molecule has 1 fully saturated rings. The fourth-order valence-corrected chi connectivity index (χ4v) is 4.01. The molecule has 0 bridgehead atoms. The Kier molecular flexibility index (Phi) is 19.4. The summed E-state index contributed by atoms with van der Waals surface area (Å²) in [5.41, 5.74) is 0. The molecule has 178 valence electrons. The van der Waals surface area contributed by atoms with Crippen LogP contribution in [0.3, 0.4) is 0 Å². The van der Waals surface area contributed by atoms with Gasteiger partial charge in [-0.25, -0.2) is 4.79 Å². The van der Waals surface area contributed by atoms with Crippen LogP contribution in [0.2, 0.25) is 0 Å². The van der Waals surface area contributed by atoms with E-state index in [1.54, 1.807) is 0 Å². The standard InChI is InChI=1S/C25H50N2O3/c1-2-3-4-5-6-7-8-9-10-11-12-13-14-15-16-17-18-26-25(28)30-24-21-27-19-22-29-23-20-27/h2-24H2,1H3,(H,26,28). The zero-order valence-electron chi connectivity index (χ0n) is 19.9. The van der Waals surface area contributed by atoms with Crippen molar-refractivity contribution in [3.8, 4) is 0 Å². The topological polar surface area (TPSA) is 50.8 Å². The molecule has 0 radical (unpaired) electrons. The molecule has 0 aliphatic carbocycles. The van der Waals surface area contributed by atoms with Gasteiger partial charge in [-0.1, -0.05) is 103 Å². The van der Waals surface area contributed by atoms with Gasteiger partial charge in [0.05, 0.1) is 13.2 Å². The van der Waals surface area contributed by atoms with Crippen LogP contribution in [0.5, 0.6) is 0 Å². The molecule has 1 heterocycles. The van der Waals surface area contributed by atoms with Gasteiger partial charge in [0.15, 0.2) is 0 Å². The van der Waals surface area contributed by atoms with E-state index in [1.165, 1.54) is 96.3 Å². The fourth-order valence-electron chi connectivity index (χ4n) is 4.01. The van der Waals surface area contributed by atoms with Crippen molar-refractivity contribution in [1.29, 1.82) is 0 Å². The van der Waals surface area contributed by atoms with Crippen molar-refractivity contribution in [3.63, 3.8) is 0 Å². The largest absolute Gasteiger partial charge is 0.448 e. The number of morpholine rings is 1. The van der Waals surface area contributed by atoms with Gasteiger partial charge in [0.25, 0.3) is 0 Å². The second kappa shape index (κ2) is 21.4. The van der Waals surface area contributed by atoms with Crippen LogP contribution in [0, 0.1) is 0 Å². The molecule has 1 rings (SSSR count). The Bertz CT molecular complexity index is 373. The molecule has 0 saturated carbocycles. The van der Waals surface area contributed by atoms with Crippen LogP contribution >= 0.6 is 0 Å². The molecule has 0 spiro atoms. The maximum atomic E-state index is 11.7. The molecular formula is C25H50N2O3. The van der Waals surface area contributed by atoms with E-state index >= 15 is 0 Å². The minimum Gasteiger partial charge on any atom is -0.448 e. The number of alkyl carbamates (subject to hydrolysis) is 1. The predicted molar refractivity (Wildman–Crippen MR) is 126 cm³/mol. The third-order valence-electron chi connectivity index (χ3n) is 6.04. The number of amides is 1. The van der Waals surface area contributed by atoms with E-state index in [0.29, 0.717) is 6.61 Å². The van der Waals surface area contributed by atoms with Crippen LogP contribution in [-0.2, 0) is 9.47 Å². The quantitative estimate of drug-likeness (QED) is 0.232. The molecule has 0 atom stereocenters. The molecule has 1 saturated heterocycles. The highest BCUT2D eigenvalue weighted by Crippen LogP contribution is 2.13. The van der Waals surface area contributed by atoms with Crippen LogP contribution in [0.1, 0.15) is 110 Å². The van der Waals surface area contributed by atoms with Gasteiger partial charge in [-0.3, -0.25) is 4.90 Å². The molecule has 1 aliphatic rings. The lowest BCUT2D eigenvalue weighted by molar-refractivity contribution is 0.0281. The van der Waals surface area contributed by atoms with Crippen LogP contribution in [-0.4, -0.2) is 57.0 Å². The summed E-state index contributed by atoms with van der Waals surface area (Å²) in [5, 5.41) is 2.87. The van der Waals surface area contributed by atoms with Gasteiger partial charge in [-0.15, -0.1) is 0 Å². The third-order valence-corrected chi connectivity index (χ3v) is 6.04. The van der Waals surface area contributed by atoms with E-state index in [1.807, 2.05) is 0 Å². The summed E-state index contributed by atoms with van der Waals surface area (Å²) >= 11 is 0. The van der Waals surface area contributed by atoms with Crippen molar-refractivity contribution < 1.29 is 14.3 Å². The van der Waals surface area contributed by atoms with Gasteiger partial charge < -0.3 is 14.8 Å². The lowest BCUT2D eigenvalue weighted by atomic mass is 10.0. The molecule has 1 N–H and O–H groups in total. The molecule has 1 amide bonds. The van der Waals surface area contributed by atoms with Crippen LogP contribution in [0.15, 0.2) is 0 Å². The summed E-state index contributed by atoms with van der Waals surface area (Å²) in [5.74, 6) is 0. The van der Waals surface area contributed by atoms with Gasteiger partial charge in [0.1, 0.15) is 6.61 Å². The van der Waals surface area contributed by atoms with Crippen LogP contribution in [0.25, 0.3) is 0 Å². The van der Waals surface area contributed by atoms with Crippen molar-refractivity contribution in [2.24, 2.45) is 0 Å². The first-order valence-electron chi connectivity index (χ1n) is 13.0. The maximum absolute atomic E-state index is 11.7. The summed E-state index contributed by atoms with van der Waals surface area (Å²) < 4.78 is 10.5. The monoisotopic (exact) mass is 426 g/mol. The molecule has 5 heteroatoms. The molecule has 0 aromatic carbocycles. The third kappa shape index (κ3) is 18.0. The zero-order chi connectivity index (χ0) is 21.5. The van der Waals surface area contributed by atoms with Crippen molar-refractivity contribution in [3.05, 3.63) is 0 Å². The summed E-state index contributed by atoms with van der Waals surface area (Å²) in [6, 6.07) is 0. The van der Waals surface area contributed by atoms with E-state index in [2.05, 4.69) is 17.1 Å². The van der Waals surface area contributed by atoms with Gasteiger partial charge in [0.2, 0.25) is 0 Å². The van der Waals surface area contributed by atoms with E-state index in [-0.39, 0.29) is 6.09 Å². The number of nitrogens with one attached hydrogen (secondary N) is 1. The first kappa shape index (κ1) is 27.2. The highest BCUT2D eigenvalue weighted by molar-refractivity contribution is 5.66. The van der Waals surface area contributed by atoms with Crippen LogP contribution < -0.4 is 5.32 Å². The number of nitrogens with zero attached hydrogens (tertiary/aromatic N) is 1. The molecule has 0 aromatic rings. The van der Waals surface area contributed by atoms with Crippen LogP contribution in [0.4, 0.5) is 4.79 Å². The van der Waals surface area contributed by atoms with Crippen molar-refractivity contribution in [2.45, 2.75) is 110 Å². The minimum absolute atomic E-state index is 0.274. The summed E-state index contributed by atoms with van der Waals surface area (Å²) in [4.78, 5) is 13.9. The Morgan fingerprint density at radius 3 is 1.73 bits per heavy atom. The summed E-state index contributed by atoms with van der Waals surface area (Å²) in [7, 11) is 0. The van der Waals surface area contributed by atoms with Gasteiger partial charge >= 0.3 is 6.09 Å². The molecule has 5 nitrogen and oxygen atoms in total. The van der Waals surface area contributed by atoms with Crippen molar-refractivity contribution in [2.75, 3.05) is 46.0 Å². The lowest BCUT2D eigenvalue weighted by Crippen LogP contribution is -2.39. The van der Waals surface area contributed by atoms with Crippen molar-refractivity contribution in [1.82, 2.24) is 10.2 Å². The van der Waals surface area contributed by atoms with Gasteiger partial charge in [0, 0.05) is 26.2 Å². The second-order valence-corrected chi connectivity index (χ2v) is 8.82. The van der Waals surface area contributed by atoms with E-state index in [0.717, 1.165) is 45.8 Å². The Balaban J connectivity index is 1.70. The van der Waals surface area contributed by atoms with E-state index in [4.69, 9.17) is 9.47 Å². The second-order valence-electron chi connectivity index (χ2n) is 8.82. The first-order valence-corrected chi connectivity index (χ1v) is 13.0. The number of unbranched alkanes of at least 4 members (excludes halogenated alkanes) is 15. The summed E-state index contributed by atoms with van der Waals surface area (Å²) in [6.07, 6.45) is 21.6. The molecule has 0 aromatic heterocycles. The molecule has 1 aliphatic heterocycles. The number of hydrogen-bond acceptors (Lipinski definition) is 4. The number of hydrogen-bond donors (Lipinski definition) is 1. The zero-order valence-corrected chi connectivity index (χ0v) is 19.9. The van der Waals surface area contributed by atoms with E-state index < -0.39 is 0 Å². The van der Waals surface area contributed by atoms with Crippen molar-refractivity contribution >= 4 is 6.09 Å². The van der Waals surface area contributed by atoms with Gasteiger partial charge in [-0.2, -0.15) is 0 Å². The fraction of sp³-hybridized carbons (Fsp3) is 0.960.